The summed E-state index contributed by atoms with van der Waals surface area (Å²) in [5.74, 6) is 1.19. The maximum atomic E-state index is 8.83. The van der Waals surface area contributed by atoms with Crippen LogP contribution in [0.1, 0.15) is 19.8 Å². The van der Waals surface area contributed by atoms with Crippen LogP contribution in [0.4, 0.5) is 5.82 Å². The van der Waals surface area contributed by atoms with E-state index in [9.17, 15) is 0 Å². The molecule has 0 aliphatic heterocycles. The Labute approximate surface area is 94.7 Å². The van der Waals surface area contributed by atoms with Crippen molar-refractivity contribution < 1.29 is 5.11 Å². The zero-order valence-corrected chi connectivity index (χ0v) is 9.54. The number of anilines is 1. The van der Waals surface area contributed by atoms with E-state index in [1.807, 2.05) is 0 Å². The van der Waals surface area contributed by atoms with Crippen molar-refractivity contribution in [3.05, 3.63) is 17.5 Å². The van der Waals surface area contributed by atoms with Crippen molar-refractivity contribution in [2.24, 2.45) is 5.92 Å². The molecular formula is C10H16ClN3O. The minimum Gasteiger partial charge on any atom is -0.396 e. The minimum atomic E-state index is 0.227. The number of aliphatic hydroxyl groups excluding tert-OH is 1. The average molecular weight is 230 g/mol. The molecule has 0 saturated carbocycles. The highest BCUT2D eigenvalue weighted by Gasteiger charge is 2.05. The Hall–Kier alpha value is -0.870. The van der Waals surface area contributed by atoms with Gasteiger partial charge in [0.15, 0.2) is 0 Å². The molecule has 0 fully saturated rings. The second-order valence-corrected chi connectivity index (χ2v) is 3.78. The van der Waals surface area contributed by atoms with Gasteiger partial charge < -0.3 is 10.4 Å². The summed E-state index contributed by atoms with van der Waals surface area (Å²) in [6, 6.07) is 1.69. The van der Waals surface area contributed by atoms with Crippen molar-refractivity contribution in [3.63, 3.8) is 0 Å². The van der Waals surface area contributed by atoms with Gasteiger partial charge in [-0.1, -0.05) is 24.9 Å². The van der Waals surface area contributed by atoms with Crippen LogP contribution in [0.2, 0.25) is 5.15 Å². The maximum absolute atomic E-state index is 8.83. The fraction of sp³-hybridized carbons (Fsp3) is 0.600. The Kier molecular flexibility index (Phi) is 5.36. The Morgan fingerprint density at radius 3 is 2.93 bits per heavy atom. The molecule has 1 unspecified atom stereocenters. The molecule has 15 heavy (non-hydrogen) atoms. The number of halogens is 1. The van der Waals surface area contributed by atoms with Gasteiger partial charge in [-0.15, -0.1) is 0 Å². The summed E-state index contributed by atoms with van der Waals surface area (Å²) in [5.41, 5.74) is 0. The van der Waals surface area contributed by atoms with E-state index in [4.69, 9.17) is 16.7 Å². The smallest absolute Gasteiger partial charge is 0.134 e. The topological polar surface area (TPSA) is 58.0 Å². The van der Waals surface area contributed by atoms with Gasteiger partial charge in [0, 0.05) is 19.2 Å². The third-order valence-electron chi connectivity index (χ3n) is 2.32. The van der Waals surface area contributed by atoms with Crippen molar-refractivity contribution in [1.82, 2.24) is 9.97 Å². The van der Waals surface area contributed by atoms with Gasteiger partial charge in [-0.25, -0.2) is 9.97 Å². The third kappa shape index (κ3) is 4.44. The molecule has 0 saturated heterocycles. The first kappa shape index (κ1) is 12.2. The molecule has 5 heteroatoms. The zero-order chi connectivity index (χ0) is 11.1. The predicted octanol–water partition coefficient (Wildman–Crippen LogP) is 1.95. The highest BCUT2D eigenvalue weighted by atomic mass is 35.5. The number of aromatic nitrogens is 2. The number of nitrogens with one attached hydrogen (secondary N) is 1. The van der Waals surface area contributed by atoms with Gasteiger partial charge in [0.2, 0.25) is 0 Å². The van der Waals surface area contributed by atoms with Gasteiger partial charge in [0.25, 0.3) is 0 Å². The summed E-state index contributed by atoms with van der Waals surface area (Å²) in [6.45, 7) is 3.13. The summed E-state index contributed by atoms with van der Waals surface area (Å²) < 4.78 is 0. The highest BCUT2D eigenvalue weighted by molar-refractivity contribution is 6.29. The Morgan fingerprint density at radius 2 is 2.33 bits per heavy atom. The van der Waals surface area contributed by atoms with Crippen LogP contribution in [-0.2, 0) is 0 Å². The first-order valence-electron chi connectivity index (χ1n) is 5.08. The van der Waals surface area contributed by atoms with Crippen LogP contribution in [0.5, 0.6) is 0 Å². The summed E-state index contributed by atoms with van der Waals surface area (Å²) in [4.78, 5) is 7.83. The maximum Gasteiger partial charge on any atom is 0.134 e. The first-order chi connectivity index (χ1) is 7.26. The Bertz CT molecular complexity index is 296. The third-order valence-corrected chi connectivity index (χ3v) is 2.53. The van der Waals surface area contributed by atoms with Crippen LogP contribution in [0.25, 0.3) is 0 Å². The van der Waals surface area contributed by atoms with Crippen molar-refractivity contribution >= 4 is 17.4 Å². The van der Waals surface area contributed by atoms with Crippen molar-refractivity contribution in [2.75, 3.05) is 18.5 Å². The number of aliphatic hydroxyl groups is 1. The molecular weight excluding hydrogens is 214 g/mol. The molecule has 4 nitrogen and oxygen atoms in total. The van der Waals surface area contributed by atoms with Crippen molar-refractivity contribution in [3.8, 4) is 0 Å². The zero-order valence-electron chi connectivity index (χ0n) is 8.78. The minimum absolute atomic E-state index is 0.227. The van der Waals surface area contributed by atoms with Crippen LogP contribution in [0.3, 0.4) is 0 Å². The van der Waals surface area contributed by atoms with Gasteiger partial charge in [0.05, 0.1) is 0 Å². The molecule has 0 bridgehead atoms. The Morgan fingerprint density at radius 1 is 1.53 bits per heavy atom. The lowest BCUT2D eigenvalue weighted by Crippen LogP contribution is -2.15. The van der Waals surface area contributed by atoms with Crippen molar-refractivity contribution in [1.29, 1.82) is 0 Å². The lowest BCUT2D eigenvalue weighted by Gasteiger charge is -2.14. The van der Waals surface area contributed by atoms with E-state index in [2.05, 4.69) is 22.2 Å². The van der Waals surface area contributed by atoms with Crippen LogP contribution in [0.15, 0.2) is 12.4 Å². The van der Waals surface area contributed by atoms with Gasteiger partial charge in [-0.05, 0) is 12.3 Å². The molecule has 0 aromatic carbocycles. The fourth-order valence-corrected chi connectivity index (χ4v) is 1.46. The second kappa shape index (κ2) is 6.58. The average Bonchev–Trinajstić information content (AvgIpc) is 2.24. The SMILES string of the molecule is CCC(CCO)CNc1cc(Cl)ncn1. The van der Waals surface area contributed by atoms with Crippen LogP contribution in [-0.4, -0.2) is 28.2 Å². The summed E-state index contributed by atoms with van der Waals surface area (Å²) in [6.07, 6.45) is 3.27. The summed E-state index contributed by atoms with van der Waals surface area (Å²) >= 11 is 5.72. The predicted molar refractivity (Wildman–Crippen MR) is 61.0 cm³/mol. The lowest BCUT2D eigenvalue weighted by molar-refractivity contribution is 0.258. The van der Waals surface area contributed by atoms with Crippen LogP contribution >= 0.6 is 11.6 Å². The second-order valence-electron chi connectivity index (χ2n) is 3.39. The molecule has 1 atom stereocenters. The van der Waals surface area contributed by atoms with E-state index in [1.54, 1.807) is 6.07 Å². The lowest BCUT2D eigenvalue weighted by atomic mass is 10.0. The number of rotatable bonds is 6. The van der Waals surface area contributed by atoms with Gasteiger partial charge in [-0.2, -0.15) is 0 Å². The van der Waals surface area contributed by atoms with E-state index in [-0.39, 0.29) is 6.61 Å². The molecule has 1 rings (SSSR count). The summed E-state index contributed by atoms with van der Waals surface area (Å²) in [7, 11) is 0. The van der Waals surface area contributed by atoms with Gasteiger partial charge >= 0.3 is 0 Å². The molecule has 0 aliphatic rings. The van der Waals surface area contributed by atoms with E-state index < -0.39 is 0 Å². The van der Waals surface area contributed by atoms with E-state index in [0.717, 1.165) is 25.2 Å². The monoisotopic (exact) mass is 229 g/mol. The van der Waals surface area contributed by atoms with Gasteiger partial charge in [0.1, 0.15) is 17.3 Å². The first-order valence-corrected chi connectivity index (χ1v) is 5.46. The van der Waals surface area contributed by atoms with E-state index in [0.29, 0.717) is 11.1 Å². The molecule has 0 spiro atoms. The number of hydrogen-bond acceptors (Lipinski definition) is 4. The molecule has 2 N–H and O–H groups in total. The van der Waals surface area contributed by atoms with Crippen LogP contribution in [0, 0.1) is 5.92 Å². The fourth-order valence-electron chi connectivity index (χ4n) is 1.31. The van der Waals surface area contributed by atoms with Crippen LogP contribution < -0.4 is 5.32 Å². The normalized spacial score (nSPS) is 12.5. The molecule has 1 heterocycles. The van der Waals surface area contributed by atoms with Gasteiger partial charge in [-0.3, -0.25) is 0 Å². The molecule has 84 valence electrons. The van der Waals surface area contributed by atoms with E-state index in [1.165, 1.54) is 6.33 Å². The molecule has 0 amide bonds. The highest BCUT2D eigenvalue weighted by Crippen LogP contribution is 2.12. The summed E-state index contributed by atoms with van der Waals surface area (Å²) in [5, 5.41) is 12.4. The molecule has 1 aromatic heterocycles. The van der Waals surface area contributed by atoms with Crippen molar-refractivity contribution in [2.45, 2.75) is 19.8 Å². The quantitative estimate of drug-likeness (QED) is 0.733. The molecule has 0 radical (unpaired) electrons. The standard InChI is InChI=1S/C10H16ClN3O/c1-2-8(3-4-15)6-12-10-5-9(11)13-7-14-10/h5,7-8,15H,2-4,6H2,1H3,(H,12,13,14). The molecule has 1 aromatic rings. The number of hydrogen-bond donors (Lipinski definition) is 2. The molecule has 0 aliphatic carbocycles. The number of nitrogens with zero attached hydrogens (tertiary/aromatic N) is 2. The van der Waals surface area contributed by atoms with E-state index >= 15 is 0 Å². The largest absolute Gasteiger partial charge is 0.396 e. The Balaban J connectivity index is 2.41.